The number of methoxy groups -OCH3 is 1. The normalized spacial score (nSPS) is 15.6. The molecule has 0 aromatic heterocycles. The molecule has 3 N–H and O–H groups in total. The number of thiocarbonyl (C=S) groups is 2. The maximum atomic E-state index is 5.71. The predicted octanol–water partition coefficient (Wildman–Crippen LogP) is 3.16. The van der Waals surface area contributed by atoms with Crippen LogP contribution in [0.1, 0.15) is 0 Å². The van der Waals surface area contributed by atoms with E-state index in [4.69, 9.17) is 38.6 Å². The summed E-state index contributed by atoms with van der Waals surface area (Å²) in [7, 11) is 1.62. The maximum absolute atomic E-state index is 5.71. The van der Waals surface area contributed by atoms with Crippen LogP contribution in [0.25, 0.3) is 0 Å². The van der Waals surface area contributed by atoms with Gasteiger partial charge in [-0.25, -0.2) is 0 Å². The zero-order valence-corrected chi connectivity index (χ0v) is 15.8. The van der Waals surface area contributed by atoms with Crippen molar-refractivity contribution in [3.05, 3.63) is 48.5 Å². The summed E-state index contributed by atoms with van der Waals surface area (Å²) in [6, 6.07) is 15.1. The highest BCUT2D eigenvalue weighted by Gasteiger charge is 2.20. The van der Waals surface area contributed by atoms with Crippen molar-refractivity contribution in [3.63, 3.8) is 0 Å². The summed E-state index contributed by atoms with van der Waals surface area (Å²) in [5.74, 6) is 1.48. The third-order valence-corrected chi connectivity index (χ3v) is 4.10. The lowest BCUT2D eigenvalue weighted by Crippen LogP contribution is -2.22. The van der Waals surface area contributed by atoms with Gasteiger partial charge in [-0.3, -0.25) is 0 Å². The highest BCUT2D eigenvalue weighted by molar-refractivity contribution is 7.80. The molecule has 2 aromatic rings. The number of hydrogen-bond acceptors (Lipinski definition) is 5. The first-order chi connectivity index (χ1) is 12.6. The van der Waals surface area contributed by atoms with Crippen LogP contribution in [0.2, 0.25) is 0 Å². The molecule has 3 rings (SSSR count). The van der Waals surface area contributed by atoms with Gasteiger partial charge in [0.15, 0.2) is 11.2 Å². The Morgan fingerprint density at radius 3 is 2.65 bits per heavy atom. The van der Waals surface area contributed by atoms with Crippen molar-refractivity contribution >= 4 is 46.1 Å². The van der Waals surface area contributed by atoms with Crippen molar-refractivity contribution in [1.82, 2.24) is 5.32 Å². The fourth-order valence-electron chi connectivity index (χ4n) is 2.38. The van der Waals surface area contributed by atoms with Gasteiger partial charge in [0.1, 0.15) is 18.1 Å². The average molecular weight is 390 g/mol. The van der Waals surface area contributed by atoms with Gasteiger partial charge in [-0.1, -0.05) is 12.1 Å². The van der Waals surface area contributed by atoms with Crippen molar-refractivity contribution in [3.8, 4) is 11.5 Å². The molecule has 26 heavy (non-hydrogen) atoms. The van der Waals surface area contributed by atoms with Gasteiger partial charge in [-0.05, 0) is 60.8 Å². The van der Waals surface area contributed by atoms with Crippen LogP contribution in [-0.2, 0) is 4.74 Å². The average Bonchev–Trinajstić information content (AvgIpc) is 3.07. The Balaban J connectivity index is 1.50. The highest BCUT2D eigenvalue weighted by Crippen LogP contribution is 2.23. The van der Waals surface area contributed by atoms with Gasteiger partial charge in [0.25, 0.3) is 5.17 Å². The number of hydrogen-bond donors (Lipinski definition) is 3. The van der Waals surface area contributed by atoms with Crippen LogP contribution < -0.4 is 25.4 Å². The van der Waals surface area contributed by atoms with Gasteiger partial charge in [-0.15, -0.1) is 0 Å². The first-order valence-corrected chi connectivity index (χ1v) is 8.84. The Kier molecular flexibility index (Phi) is 6.08. The maximum Gasteiger partial charge on any atom is 0.257 e. The molecule has 1 fully saturated rings. The molecular formula is C18H19N3O3S2. The first-order valence-electron chi connectivity index (χ1n) is 8.02. The van der Waals surface area contributed by atoms with Gasteiger partial charge < -0.3 is 30.2 Å². The first kappa shape index (κ1) is 18.2. The number of para-hydroxylation sites is 2. The molecule has 0 spiro atoms. The van der Waals surface area contributed by atoms with Crippen LogP contribution in [0.3, 0.4) is 0 Å². The van der Waals surface area contributed by atoms with E-state index < -0.39 is 0 Å². The Bertz CT molecular complexity index is 784. The van der Waals surface area contributed by atoms with E-state index in [2.05, 4.69) is 16.0 Å². The molecule has 0 aliphatic carbocycles. The van der Waals surface area contributed by atoms with Gasteiger partial charge in [0.05, 0.1) is 19.3 Å². The molecule has 1 unspecified atom stereocenters. The van der Waals surface area contributed by atoms with E-state index in [9.17, 15) is 0 Å². The van der Waals surface area contributed by atoms with Crippen LogP contribution >= 0.6 is 24.4 Å². The monoisotopic (exact) mass is 389 g/mol. The van der Waals surface area contributed by atoms with Crippen molar-refractivity contribution in [2.45, 2.75) is 6.10 Å². The van der Waals surface area contributed by atoms with Crippen LogP contribution in [0.15, 0.2) is 48.5 Å². The lowest BCUT2D eigenvalue weighted by atomic mass is 10.3. The third-order valence-electron chi connectivity index (χ3n) is 3.65. The third kappa shape index (κ3) is 4.96. The van der Waals surface area contributed by atoms with Crippen molar-refractivity contribution < 1.29 is 14.2 Å². The highest BCUT2D eigenvalue weighted by atomic mass is 32.1. The molecule has 136 valence electrons. The van der Waals surface area contributed by atoms with E-state index in [1.807, 2.05) is 48.5 Å². The fourth-order valence-corrected chi connectivity index (χ4v) is 2.83. The Morgan fingerprint density at radius 1 is 1.19 bits per heavy atom. The molecule has 1 heterocycles. The van der Waals surface area contributed by atoms with E-state index in [0.717, 1.165) is 22.9 Å². The smallest absolute Gasteiger partial charge is 0.257 e. The molecule has 1 saturated heterocycles. The van der Waals surface area contributed by atoms with Crippen molar-refractivity contribution in [2.75, 3.05) is 30.9 Å². The molecule has 0 saturated carbocycles. The molecule has 2 aromatic carbocycles. The molecule has 0 bridgehead atoms. The van der Waals surface area contributed by atoms with Gasteiger partial charge in [-0.2, -0.15) is 0 Å². The lowest BCUT2D eigenvalue weighted by molar-refractivity contribution is 0.150. The summed E-state index contributed by atoms with van der Waals surface area (Å²) in [5.41, 5.74) is 1.65. The summed E-state index contributed by atoms with van der Waals surface area (Å²) in [6.45, 7) is 1.11. The molecule has 1 atom stereocenters. The van der Waals surface area contributed by atoms with Crippen LogP contribution in [-0.4, -0.2) is 36.7 Å². The molecule has 8 heteroatoms. The number of anilines is 2. The van der Waals surface area contributed by atoms with Crippen LogP contribution in [0, 0.1) is 0 Å². The quantitative estimate of drug-likeness (QED) is 0.652. The predicted molar refractivity (Wildman–Crippen MR) is 110 cm³/mol. The fraction of sp³-hybridized carbons (Fsp3) is 0.222. The molecule has 0 radical (unpaired) electrons. The van der Waals surface area contributed by atoms with Gasteiger partial charge in [0, 0.05) is 5.69 Å². The van der Waals surface area contributed by atoms with E-state index in [1.165, 1.54) is 0 Å². The molecule has 1 aliphatic heterocycles. The summed E-state index contributed by atoms with van der Waals surface area (Å²) in [4.78, 5) is 0. The van der Waals surface area contributed by atoms with E-state index in [-0.39, 0.29) is 6.10 Å². The molecule has 1 aliphatic rings. The Labute approximate surface area is 162 Å². The standard InChI is InChI=1S/C18H19N3O3S2/c1-22-16-5-3-2-4-15(16)21-17(25)20-12-6-8-13(9-7-12)23-11-14-10-19-18(26)24-14/h2-9,14H,10-11H2,1H3,(H,19,26)(H2,20,21,25). The number of benzene rings is 2. The minimum absolute atomic E-state index is 0.0575. The van der Waals surface area contributed by atoms with Crippen LogP contribution in [0.5, 0.6) is 11.5 Å². The second-order valence-electron chi connectivity index (χ2n) is 5.52. The van der Waals surface area contributed by atoms with E-state index in [0.29, 0.717) is 23.4 Å². The largest absolute Gasteiger partial charge is 0.495 e. The number of nitrogens with one attached hydrogen (secondary N) is 3. The lowest BCUT2D eigenvalue weighted by Gasteiger charge is -2.14. The number of ether oxygens (including phenoxy) is 3. The second kappa shape index (κ2) is 8.68. The molecular weight excluding hydrogens is 370 g/mol. The van der Waals surface area contributed by atoms with Crippen LogP contribution in [0.4, 0.5) is 11.4 Å². The summed E-state index contributed by atoms with van der Waals surface area (Å²) < 4.78 is 16.4. The topological polar surface area (TPSA) is 63.8 Å². The zero-order chi connectivity index (χ0) is 18.4. The summed E-state index contributed by atoms with van der Waals surface area (Å²) >= 11 is 10.3. The Hall–Kier alpha value is -2.58. The summed E-state index contributed by atoms with van der Waals surface area (Å²) in [5, 5.41) is 10.1. The van der Waals surface area contributed by atoms with E-state index in [1.54, 1.807) is 7.11 Å². The second-order valence-corrected chi connectivity index (χ2v) is 6.30. The summed E-state index contributed by atoms with van der Waals surface area (Å²) in [6.07, 6.45) is -0.0575. The SMILES string of the molecule is COc1ccccc1NC(=S)Nc1ccc(OCC2CNC(=S)O2)cc1. The van der Waals surface area contributed by atoms with E-state index >= 15 is 0 Å². The minimum atomic E-state index is -0.0575. The van der Waals surface area contributed by atoms with Crippen molar-refractivity contribution in [2.24, 2.45) is 0 Å². The molecule has 0 amide bonds. The molecule has 6 nitrogen and oxygen atoms in total. The minimum Gasteiger partial charge on any atom is -0.495 e. The van der Waals surface area contributed by atoms with Crippen molar-refractivity contribution in [1.29, 1.82) is 0 Å². The Morgan fingerprint density at radius 2 is 1.96 bits per heavy atom. The van der Waals surface area contributed by atoms with Gasteiger partial charge >= 0.3 is 0 Å². The number of rotatable bonds is 6. The van der Waals surface area contributed by atoms with Gasteiger partial charge in [0.2, 0.25) is 0 Å². The zero-order valence-electron chi connectivity index (χ0n) is 14.2.